The minimum atomic E-state index is 0.705. The molecule has 2 rings (SSSR count). The zero-order chi connectivity index (χ0) is 14.2. The Kier molecular flexibility index (Phi) is 6.29. The number of nitrogens with zero attached hydrogens (tertiary/aromatic N) is 1. The first-order valence-electron chi connectivity index (χ1n) is 8.46. The molecule has 0 bridgehead atoms. The van der Waals surface area contributed by atoms with Gasteiger partial charge in [0.15, 0.2) is 0 Å². The molecule has 0 atom stereocenters. The summed E-state index contributed by atoms with van der Waals surface area (Å²) in [5.41, 5.74) is 2.55. The summed E-state index contributed by atoms with van der Waals surface area (Å²) in [5, 5.41) is 0. The van der Waals surface area contributed by atoms with E-state index in [2.05, 4.69) is 38.1 Å². The number of pyridine rings is 1. The van der Waals surface area contributed by atoms with Crippen molar-refractivity contribution in [2.24, 2.45) is 5.92 Å². The van der Waals surface area contributed by atoms with Gasteiger partial charge in [-0.2, -0.15) is 0 Å². The molecule has 20 heavy (non-hydrogen) atoms. The van der Waals surface area contributed by atoms with Crippen molar-refractivity contribution in [3.8, 4) is 0 Å². The second-order valence-electron chi connectivity index (χ2n) is 6.21. The molecule has 0 radical (unpaired) electrons. The Bertz CT molecular complexity index is 396. The van der Waals surface area contributed by atoms with Crippen molar-refractivity contribution < 1.29 is 0 Å². The van der Waals surface area contributed by atoms with Crippen LogP contribution in [-0.4, -0.2) is 4.98 Å². The molecule has 0 unspecified atom stereocenters. The summed E-state index contributed by atoms with van der Waals surface area (Å²) in [5.74, 6) is 1.68. The fraction of sp³-hybridized carbons (Fsp3) is 0.632. The Hall–Kier alpha value is -1.11. The van der Waals surface area contributed by atoms with Crippen LogP contribution in [0, 0.1) is 5.92 Å². The highest BCUT2D eigenvalue weighted by molar-refractivity contribution is 5.47. The zero-order valence-corrected chi connectivity index (χ0v) is 13.1. The first kappa shape index (κ1) is 15.3. The van der Waals surface area contributed by atoms with Crippen molar-refractivity contribution >= 4 is 6.08 Å². The van der Waals surface area contributed by atoms with Gasteiger partial charge in [0, 0.05) is 17.8 Å². The lowest BCUT2D eigenvalue weighted by Crippen LogP contribution is -2.14. The first-order chi connectivity index (χ1) is 9.83. The van der Waals surface area contributed by atoms with Gasteiger partial charge in [-0.3, -0.25) is 4.98 Å². The highest BCUT2D eigenvalue weighted by Gasteiger charge is 2.22. The second kappa shape index (κ2) is 8.24. The first-order valence-corrected chi connectivity index (χ1v) is 8.46. The summed E-state index contributed by atoms with van der Waals surface area (Å²) in [4.78, 5) is 4.70. The van der Waals surface area contributed by atoms with Crippen molar-refractivity contribution in [2.75, 3.05) is 0 Å². The predicted octanol–water partition coefficient (Wildman–Crippen LogP) is 5.97. The smallest absolute Gasteiger partial charge is 0.0434 e. The molecule has 0 N–H and O–H groups in total. The average molecular weight is 271 g/mol. The molecular formula is C19H29N. The molecule has 110 valence electrons. The van der Waals surface area contributed by atoms with Crippen molar-refractivity contribution in [1.29, 1.82) is 0 Å². The monoisotopic (exact) mass is 271 g/mol. The van der Waals surface area contributed by atoms with Gasteiger partial charge in [-0.25, -0.2) is 0 Å². The summed E-state index contributed by atoms with van der Waals surface area (Å²) in [7, 11) is 0. The fourth-order valence-corrected chi connectivity index (χ4v) is 3.30. The number of hydrogen-bond acceptors (Lipinski definition) is 1. The molecular weight excluding hydrogens is 242 g/mol. The summed E-state index contributed by atoms with van der Waals surface area (Å²) in [6.45, 7) is 4.51. The van der Waals surface area contributed by atoms with Crippen LogP contribution in [0.1, 0.15) is 82.4 Å². The van der Waals surface area contributed by atoms with E-state index in [1.54, 1.807) is 0 Å². The summed E-state index contributed by atoms with van der Waals surface area (Å²) >= 11 is 0. The van der Waals surface area contributed by atoms with Gasteiger partial charge in [0.25, 0.3) is 0 Å². The van der Waals surface area contributed by atoms with Crippen LogP contribution in [0.5, 0.6) is 0 Å². The quantitative estimate of drug-likeness (QED) is 0.621. The molecule has 1 aromatic rings. The van der Waals surface area contributed by atoms with Crippen molar-refractivity contribution in [2.45, 2.75) is 71.1 Å². The Balaban J connectivity index is 1.87. The molecule has 0 spiro atoms. The van der Waals surface area contributed by atoms with Crippen molar-refractivity contribution in [1.82, 2.24) is 4.98 Å². The van der Waals surface area contributed by atoms with Gasteiger partial charge < -0.3 is 0 Å². The highest BCUT2D eigenvalue weighted by Crippen LogP contribution is 2.36. The number of aromatic nitrogens is 1. The normalized spacial score (nSPS) is 23.3. The van der Waals surface area contributed by atoms with Crippen LogP contribution in [-0.2, 0) is 0 Å². The Labute approximate surface area is 124 Å². The summed E-state index contributed by atoms with van der Waals surface area (Å²) in [6, 6.07) is 4.48. The highest BCUT2D eigenvalue weighted by atomic mass is 14.7. The molecule has 1 heteroatoms. The molecule has 1 heterocycles. The van der Waals surface area contributed by atoms with Crippen LogP contribution < -0.4 is 0 Å². The molecule has 1 saturated carbocycles. The largest absolute Gasteiger partial charge is 0.260 e. The zero-order valence-electron chi connectivity index (χ0n) is 13.1. The van der Waals surface area contributed by atoms with E-state index >= 15 is 0 Å². The number of unbranched alkanes of at least 4 members (excludes halogenated alkanes) is 1. The standard InChI is InChI=1S/C19H29N/c1-3-5-6-8-17-11-14-19(20-15-17)18-12-9-16(7-4-2)10-13-18/h6,8,11,14-16,18H,3-5,7,9-10,12-13H2,1-2H3/b8-6+/t16-,18-. The van der Waals surface area contributed by atoms with Crippen molar-refractivity contribution in [3.63, 3.8) is 0 Å². The Morgan fingerprint density at radius 1 is 1.10 bits per heavy atom. The van der Waals surface area contributed by atoms with E-state index in [9.17, 15) is 0 Å². The van der Waals surface area contributed by atoms with Crippen LogP contribution in [0.2, 0.25) is 0 Å². The third-order valence-corrected chi connectivity index (χ3v) is 4.54. The van der Waals surface area contributed by atoms with E-state index in [0.29, 0.717) is 5.92 Å². The van der Waals surface area contributed by atoms with E-state index < -0.39 is 0 Å². The molecule has 0 saturated heterocycles. The van der Waals surface area contributed by atoms with Gasteiger partial charge in [0.2, 0.25) is 0 Å². The fourth-order valence-electron chi connectivity index (χ4n) is 3.30. The van der Waals surface area contributed by atoms with Gasteiger partial charge >= 0.3 is 0 Å². The summed E-state index contributed by atoms with van der Waals surface area (Å²) in [6.07, 6.45) is 17.1. The van der Waals surface area contributed by atoms with Gasteiger partial charge in [-0.15, -0.1) is 0 Å². The third-order valence-electron chi connectivity index (χ3n) is 4.54. The van der Waals surface area contributed by atoms with Gasteiger partial charge in [-0.05, 0) is 49.7 Å². The Morgan fingerprint density at radius 2 is 1.90 bits per heavy atom. The van der Waals surface area contributed by atoms with Gasteiger partial charge in [-0.1, -0.05) is 51.3 Å². The molecule has 0 amide bonds. The molecule has 1 aliphatic rings. The van der Waals surface area contributed by atoms with E-state index in [1.165, 1.54) is 56.2 Å². The molecule has 1 aromatic heterocycles. The lowest BCUT2D eigenvalue weighted by molar-refractivity contribution is 0.305. The average Bonchev–Trinajstić information content (AvgIpc) is 2.49. The van der Waals surface area contributed by atoms with Gasteiger partial charge in [0.1, 0.15) is 0 Å². The molecule has 1 aliphatic carbocycles. The minimum Gasteiger partial charge on any atom is -0.260 e. The number of rotatable bonds is 6. The van der Waals surface area contributed by atoms with Crippen LogP contribution in [0.15, 0.2) is 24.4 Å². The lowest BCUT2D eigenvalue weighted by atomic mass is 9.78. The van der Waals surface area contributed by atoms with Crippen LogP contribution in [0.3, 0.4) is 0 Å². The number of hydrogen-bond donors (Lipinski definition) is 0. The minimum absolute atomic E-state index is 0.705. The maximum atomic E-state index is 4.70. The Morgan fingerprint density at radius 3 is 2.50 bits per heavy atom. The number of allylic oxidation sites excluding steroid dienone is 1. The SMILES string of the molecule is CCC/C=C/c1ccc([C@H]2CC[C@H](CCC)CC2)nc1. The molecule has 0 aromatic carbocycles. The van der Waals surface area contributed by atoms with E-state index in [0.717, 1.165) is 12.3 Å². The van der Waals surface area contributed by atoms with E-state index in [4.69, 9.17) is 4.98 Å². The van der Waals surface area contributed by atoms with Crippen molar-refractivity contribution in [3.05, 3.63) is 35.7 Å². The van der Waals surface area contributed by atoms with Crippen LogP contribution in [0.4, 0.5) is 0 Å². The molecule has 1 nitrogen and oxygen atoms in total. The third kappa shape index (κ3) is 4.47. The lowest BCUT2D eigenvalue weighted by Gasteiger charge is -2.28. The summed E-state index contributed by atoms with van der Waals surface area (Å²) < 4.78 is 0. The second-order valence-corrected chi connectivity index (χ2v) is 6.21. The van der Waals surface area contributed by atoms with Gasteiger partial charge in [0.05, 0.1) is 0 Å². The maximum Gasteiger partial charge on any atom is 0.0434 e. The predicted molar refractivity (Wildman–Crippen MR) is 87.8 cm³/mol. The topological polar surface area (TPSA) is 12.9 Å². The van der Waals surface area contributed by atoms with E-state index in [1.807, 2.05) is 6.20 Å². The van der Waals surface area contributed by atoms with Crippen LogP contribution >= 0.6 is 0 Å². The maximum absolute atomic E-state index is 4.70. The van der Waals surface area contributed by atoms with E-state index in [-0.39, 0.29) is 0 Å². The van der Waals surface area contributed by atoms with Crippen LogP contribution in [0.25, 0.3) is 6.08 Å². The molecule has 1 fully saturated rings. The molecule has 0 aliphatic heterocycles.